The molecular weight excluding hydrogens is 624 g/mol. The van der Waals surface area contributed by atoms with E-state index < -0.39 is 97.7 Å². The highest BCUT2D eigenvalue weighted by molar-refractivity contribution is 5.29. The van der Waals surface area contributed by atoms with E-state index in [1.165, 1.54) is 0 Å². The quantitative estimate of drug-likeness (QED) is 0.0749. The van der Waals surface area contributed by atoms with Gasteiger partial charge in [0.25, 0.3) is 0 Å². The van der Waals surface area contributed by atoms with Crippen LogP contribution >= 0.6 is 0 Å². The second-order valence-electron chi connectivity index (χ2n) is 15.3. The molecule has 0 aromatic rings. The van der Waals surface area contributed by atoms with Crippen LogP contribution in [0, 0.1) is 28.1 Å². The molecule has 2 saturated heterocycles. The highest BCUT2D eigenvalue weighted by Gasteiger charge is 2.61. The van der Waals surface area contributed by atoms with Crippen LogP contribution in [0.5, 0.6) is 0 Å². The maximum absolute atomic E-state index is 11.4. The molecule has 0 amide bonds. The fraction of sp³-hybridized carbons (Fsp3) is 0.938. The first-order valence-corrected chi connectivity index (χ1v) is 16.6. The molecule has 0 spiro atoms. The van der Waals surface area contributed by atoms with Crippen LogP contribution in [0.1, 0.15) is 59.8 Å². The number of aliphatic hydroxyl groups is 9. The molecule has 0 bridgehead atoms. The molecule has 5 aliphatic rings. The van der Waals surface area contributed by atoms with Crippen LogP contribution in [-0.2, 0) is 23.8 Å². The normalized spacial score (nSPS) is 50.6. The van der Waals surface area contributed by atoms with Gasteiger partial charge in [-0.15, -0.1) is 0 Å². The highest BCUT2D eigenvalue weighted by atomic mass is 17.1. The third-order valence-corrected chi connectivity index (χ3v) is 12.4. The summed E-state index contributed by atoms with van der Waals surface area (Å²) in [6.45, 7) is 6.69. The van der Waals surface area contributed by atoms with Crippen molar-refractivity contribution in [2.75, 3.05) is 19.8 Å². The molecule has 2 saturated carbocycles. The van der Waals surface area contributed by atoms with Gasteiger partial charge in [0.05, 0.1) is 32.0 Å². The molecule has 4 fully saturated rings. The van der Waals surface area contributed by atoms with Gasteiger partial charge in [-0.05, 0) is 60.3 Å². The number of ether oxygens (including phenoxy) is 4. The lowest BCUT2D eigenvalue weighted by Crippen LogP contribution is -2.63. The average Bonchev–Trinajstić information content (AvgIpc) is 3.04. The molecule has 5 rings (SSSR count). The Hall–Kier alpha value is -0.860. The fourth-order valence-electron chi connectivity index (χ4n) is 9.27. The summed E-state index contributed by atoms with van der Waals surface area (Å²) in [5.74, 6) is 0.0908. The van der Waals surface area contributed by atoms with E-state index in [9.17, 15) is 51.2 Å². The first kappa shape index (κ1) is 37.4. The Morgan fingerprint density at radius 3 is 1.96 bits per heavy atom. The molecule has 17 atom stereocenters. The Kier molecular flexibility index (Phi) is 11.2. The van der Waals surface area contributed by atoms with Crippen molar-refractivity contribution in [2.24, 2.45) is 28.1 Å². The Morgan fingerprint density at radius 2 is 1.38 bits per heavy atom. The van der Waals surface area contributed by atoms with Gasteiger partial charge in [-0.25, -0.2) is 4.89 Å². The maximum atomic E-state index is 11.4. The molecule has 0 aromatic carbocycles. The lowest BCUT2D eigenvalue weighted by Gasteiger charge is -2.62. The molecule has 10 N–H and O–H groups in total. The standard InChI is InChI=1S/C32H54O15/c1-30(2)18-6-5-14-15(31(18,3)10-8-20(30)46-29-26(41)24(39)22(37)17(12-34)45-29)7-9-32(4,27(14)47-42)19(35)13-43-28-25(40)23(38)21(36)16(11-33)44-28/h5,15-29,33-42H,6-13H2,1-4H3. The van der Waals surface area contributed by atoms with Gasteiger partial charge in [-0.3, -0.25) is 5.26 Å². The van der Waals surface area contributed by atoms with Crippen molar-refractivity contribution >= 4 is 0 Å². The van der Waals surface area contributed by atoms with Crippen molar-refractivity contribution < 1.29 is 75.1 Å². The van der Waals surface area contributed by atoms with Crippen LogP contribution in [0.2, 0.25) is 0 Å². The Labute approximate surface area is 274 Å². The second kappa shape index (κ2) is 14.0. The molecule has 3 aliphatic carbocycles. The Balaban J connectivity index is 1.30. The molecule has 0 radical (unpaired) electrons. The lowest BCUT2D eigenvalue weighted by atomic mass is 9.44. The van der Waals surface area contributed by atoms with Gasteiger partial charge in [0.2, 0.25) is 0 Å². The fourth-order valence-corrected chi connectivity index (χ4v) is 9.27. The molecule has 15 nitrogen and oxygen atoms in total. The van der Waals surface area contributed by atoms with E-state index in [1.54, 1.807) is 6.92 Å². The van der Waals surface area contributed by atoms with Gasteiger partial charge in [0, 0.05) is 5.41 Å². The summed E-state index contributed by atoms with van der Waals surface area (Å²) in [4.78, 5) is 5.12. The largest absolute Gasteiger partial charge is 0.394 e. The van der Waals surface area contributed by atoms with Crippen molar-refractivity contribution in [3.05, 3.63) is 11.6 Å². The van der Waals surface area contributed by atoms with Crippen molar-refractivity contribution in [1.82, 2.24) is 0 Å². The maximum Gasteiger partial charge on any atom is 0.186 e. The van der Waals surface area contributed by atoms with E-state index in [4.69, 9.17) is 23.8 Å². The van der Waals surface area contributed by atoms with Gasteiger partial charge in [0.1, 0.15) is 54.9 Å². The van der Waals surface area contributed by atoms with E-state index in [0.29, 0.717) is 25.7 Å². The molecule has 2 aliphatic heterocycles. The van der Waals surface area contributed by atoms with Crippen molar-refractivity contribution in [3.63, 3.8) is 0 Å². The summed E-state index contributed by atoms with van der Waals surface area (Å²) in [5, 5.41) is 102. The highest BCUT2D eigenvalue weighted by Crippen LogP contribution is 2.64. The van der Waals surface area contributed by atoms with Crippen LogP contribution < -0.4 is 0 Å². The third kappa shape index (κ3) is 6.34. The van der Waals surface area contributed by atoms with E-state index in [1.807, 2.05) is 0 Å². The average molecular weight is 679 g/mol. The van der Waals surface area contributed by atoms with Crippen LogP contribution in [0.3, 0.4) is 0 Å². The van der Waals surface area contributed by atoms with Crippen LogP contribution in [0.4, 0.5) is 0 Å². The monoisotopic (exact) mass is 678 g/mol. The minimum Gasteiger partial charge on any atom is -0.394 e. The molecule has 272 valence electrons. The van der Waals surface area contributed by atoms with E-state index in [2.05, 4.69) is 26.8 Å². The van der Waals surface area contributed by atoms with Crippen LogP contribution in [0.25, 0.3) is 0 Å². The number of rotatable bonds is 9. The smallest absolute Gasteiger partial charge is 0.186 e. The number of hydrogen-bond donors (Lipinski definition) is 10. The van der Waals surface area contributed by atoms with E-state index in [-0.39, 0.29) is 30.0 Å². The zero-order chi connectivity index (χ0) is 34.6. The second-order valence-corrected chi connectivity index (χ2v) is 15.3. The SMILES string of the molecule is CC1(C)C(OC2OC(CO)C(O)C(O)C2O)CCC2(C)C3CCC(C)(C(O)COC4OC(CO)C(O)C(O)C4O)C(OO)C3=CCC12. The van der Waals surface area contributed by atoms with Crippen molar-refractivity contribution in [2.45, 2.75) is 140 Å². The van der Waals surface area contributed by atoms with Gasteiger partial charge in [0.15, 0.2) is 12.6 Å². The summed E-state index contributed by atoms with van der Waals surface area (Å²) in [7, 11) is 0. The zero-order valence-electron chi connectivity index (χ0n) is 27.4. The minimum atomic E-state index is -1.62. The summed E-state index contributed by atoms with van der Waals surface area (Å²) >= 11 is 0. The number of fused-ring (bicyclic) bond motifs is 3. The predicted molar refractivity (Wildman–Crippen MR) is 160 cm³/mol. The summed E-state index contributed by atoms with van der Waals surface area (Å²) < 4.78 is 23.0. The topological polar surface area (TPSA) is 248 Å². The van der Waals surface area contributed by atoms with E-state index >= 15 is 0 Å². The molecule has 17 unspecified atom stereocenters. The molecular formula is C32H54O15. The predicted octanol–water partition coefficient (Wildman–Crippen LogP) is -1.60. The van der Waals surface area contributed by atoms with Gasteiger partial charge >= 0.3 is 0 Å². The van der Waals surface area contributed by atoms with Crippen molar-refractivity contribution in [3.8, 4) is 0 Å². The Bertz CT molecular complexity index is 1100. The summed E-state index contributed by atoms with van der Waals surface area (Å²) in [6, 6.07) is 0. The number of hydrogen-bond acceptors (Lipinski definition) is 15. The van der Waals surface area contributed by atoms with Gasteiger partial charge in [-0.1, -0.05) is 33.8 Å². The number of aliphatic hydroxyl groups excluding tert-OH is 9. The third-order valence-electron chi connectivity index (χ3n) is 12.4. The summed E-state index contributed by atoms with van der Waals surface area (Å²) in [5.41, 5.74) is -0.828. The van der Waals surface area contributed by atoms with Crippen LogP contribution in [0.15, 0.2) is 11.6 Å². The van der Waals surface area contributed by atoms with E-state index in [0.717, 1.165) is 12.0 Å². The van der Waals surface area contributed by atoms with Gasteiger partial charge < -0.3 is 64.9 Å². The zero-order valence-corrected chi connectivity index (χ0v) is 27.4. The number of allylic oxidation sites excluding steroid dienone is 1. The summed E-state index contributed by atoms with van der Waals surface area (Å²) in [6.07, 6.45) is -11.5. The minimum absolute atomic E-state index is 0.00229. The molecule has 2 heterocycles. The molecule has 47 heavy (non-hydrogen) atoms. The molecule has 0 aromatic heterocycles. The first-order valence-electron chi connectivity index (χ1n) is 16.6. The first-order chi connectivity index (χ1) is 22.1. The lowest BCUT2D eigenvalue weighted by molar-refractivity contribution is -0.330. The Morgan fingerprint density at radius 1 is 0.809 bits per heavy atom. The van der Waals surface area contributed by atoms with Crippen LogP contribution in [-0.4, -0.2) is 151 Å². The molecule has 15 heteroatoms. The van der Waals surface area contributed by atoms with Crippen molar-refractivity contribution in [1.29, 1.82) is 0 Å². The van der Waals surface area contributed by atoms with Gasteiger partial charge in [-0.2, -0.15) is 0 Å².